The van der Waals surface area contributed by atoms with Crippen LogP contribution in [0.5, 0.6) is 0 Å². The van der Waals surface area contributed by atoms with Crippen molar-refractivity contribution in [3.8, 4) is 0 Å². The van der Waals surface area contributed by atoms with Crippen molar-refractivity contribution in [3.05, 3.63) is 23.9 Å². The smallest absolute Gasteiger partial charge is 0.269 e. The summed E-state index contributed by atoms with van der Waals surface area (Å²) in [4.78, 5) is 16.0. The summed E-state index contributed by atoms with van der Waals surface area (Å²) in [5.41, 5.74) is 0.465. The van der Waals surface area contributed by atoms with Crippen molar-refractivity contribution in [1.82, 2.24) is 10.3 Å². The van der Waals surface area contributed by atoms with E-state index >= 15 is 0 Å². The molecule has 17 heavy (non-hydrogen) atoms. The minimum absolute atomic E-state index is 0.112. The summed E-state index contributed by atoms with van der Waals surface area (Å²) in [6.45, 7) is 3.63. The summed E-state index contributed by atoms with van der Waals surface area (Å²) in [5, 5.41) is 5.99. The Labute approximate surface area is 107 Å². The molecule has 0 saturated carbocycles. The summed E-state index contributed by atoms with van der Waals surface area (Å²) in [5.74, 6) is 1.56. The third-order valence-electron chi connectivity index (χ3n) is 2.13. The highest BCUT2D eigenvalue weighted by atomic mass is 32.2. The van der Waals surface area contributed by atoms with Crippen LogP contribution in [0.2, 0.25) is 0 Å². The molecule has 1 aromatic rings. The van der Waals surface area contributed by atoms with E-state index in [-0.39, 0.29) is 5.91 Å². The van der Waals surface area contributed by atoms with Gasteiger partial charge in [0.2, 0.25) is 0 Å². The number of nitrogens with zero attached hydrogens (tertiary/aromatic N) is 1. The Kier molecular flexibility index (Phi) is 6.47. The maximum Gasteiger partial charge on any atom is 0.269 e. The van der Waals surface area contributed by atoms with Crippen LogP contribution in [-0.4, -0.2) is 36.0 Å². The minimum Gasteiger partial charge on any atom is -0.370 e. The van der Waals surface area contributed by atoms with Crippen LogP contribution in [0, 0.1) is 0 Å². The predicted octanol–water partition coefficient (Wildman–Crippen LogP) is 2.00. The highest BCUT2D eigenvalue weighted by Crippen LogP contribution is 2.04. The Morgan fingerprint density at radius 3 is 2.94 bits per heavy atom. The number of thioether (sulfide) groups is 1. The second-order valence-electron chi connectivity index (χ2n) is 3.58. The number of nitrogens with one attached hydrogen (secondary N) is 2. The van der Waals surface area contributed by atoms with Gasteiger partial charge in [-0.25, -0.2) is 4.98 Å². The zero-order valence-corrected chi connectivity index (χ0v) is 11.1. The summed E-state index contributed by atoms with van der Waals surface area (Å²) < 4.78 is 0. The first-order valence-corrected chi connectivity index (χ1v) is 7.15. The Morgan fingerprint density at radius 2 is 2.24 bits per heavy atom. The van der Waals surface area contributed by atoms with E-state index in [1.165, 1.54) is 0 Å². The third-order valence-corrected chi connectivity index (χ3v) is 2.74. The molecule has 4 nitrogen and oxygen atoms in total. The van der Waals surface area contributed by atoms with Gasteiger partial charge in [0, 0.05) is 18.8 Å². The number of aromatic nitrogens is 1. The van der Waals surface area contributed by atoms with Gasteiger partial charge in [-0.2, -0.15) is 11.8 Å². The Bertz CT molecular complexity index is 357. The number of hydrogen-bond donors (Lipinski definition) is 2. The molecule has 0 spiro atoms. The fraction of sp³-hybridized carbons (Fsp3) is 0.500. The van der Waals surface area contributed by atoms with Crippen molar-refractivity contribution in [2.75, 3.05) is 30.4 Å². The van der Waals surface area contributed by atoms with Crippen molar-refractivity contribution in [3.63, 3.8) is 0 Å². The maximum absolute atomic E-state index is 11.7. The van der Waals surface area contributed by atoms with Gasteiger partial charge < -0.3 is 10.6 Å². The number of pyridine rings is 1. The molecule has 1 rings (SSSR count). The van der Waals surface area contributed by atoms with Gasteiger partial charge in [-0.15, -0.1) is 0 Å². The van der Waals surface area contributed by atoms with Gasteiger partial charge in [-0.1, -0.05) is 13.0 Å². The average Bonchev–Trinajstić information content (AvgIpc) is 2.37. The van der Waals surface area contributed by atoms with E-state index < -0.39 is 0 Å². The van der Waals surface area contributed by atoms with Crippen LogP contribution in [0.1, 0.15) is 23.8 Å². The standard InChI is InChI=1S/C12H19N3OS/c1-3-7-13-11-6-4-5-10(15-11)12(16)14-8-9-17-2/h4-6H,3,7-9H2,1-2H3,(H,13,15)(H,14,16). The Morgan fingerprint density at radius 1 is 1.41 bits per heavy atom. The number of anilines is 1. The Hall–Kier alpha value is -1.23. The van der Waals surface area contributed by atoms with E-state index in [1.54, 1.807) is 17.8 Å². The fourth-order valence-corrected chi connectivity index (χ4v) is 1.58. The predicted molar refractivity (Wildman–Crippen MR) is 73.7 cm³/mol. The molecule has 0 aliphatic carbocycles. The van der Waals surface area contributed by atoms with Crippen LogP contribution in [0.15, 0.2) is 18.2 Å². The molecule has 0 saturated heterocycles. The van der Waals surface area contributed by atoms with E-state index in [4.69, 9.17) is 0 Å². The average molecular weight is 253 g/mol. The lowest BCUT2D eigenvalue weighted by Gasteiger charge is -2.06. The molecule has 0 radical (unpaired) electrons. The van der Waals surface area contributed by atoms with Crippen LogP contribution in [0.3, 0.4) is 0 Å². The normalized spacial score (nSPS) is 10.0. The monoisotopic (exact) mass is 253 g/mol. The zero-order chi connectivity index (χ0) is 12.5. The molecular formula is C12H19N3OS. The van der Waals surface area contributed by atoms with Gasteiger partial charge in [0.15, 0.2) is 0 Å². The van der Waals surface area contributed by atoms with Gasteiger partial charge in [-0.3, -0.25) is 4.79 Å². The molecule has 0 bridgehead atoms. The molecule has 1 aromatic heterocycles. The quantitative estimate of drug-likeness (QED) is 0.730. The highest BCUT2D eigenvalue weighted by Gasteiger charge is 2.06. The Balaban J connectivity index is 2.54. The highest BCUT2D eigenvalue weighted by molar-refractivity contribution is 7.98. The molecule has 1 amide bonds. The number of carbonyl (C=O) groups excluding carboxylic acids is 1. The van der Waals surface area contributed by atoms with Gasteiger partial charge in [0.25, 0.3) is 5.91 Å². The van der Waals surface area contributed by atoms with Crippen molar-refractivity contribution in [2.24, 2.45) is 0 Å². The number of rotatable bonds is 7. The number of amides is 1. The molecule has 0 aromatic carbocycles. The summed E-state index contributed by atoms with van der Waals surface area (Å²) in [7, 11) is 0. The van der Waals surface area contributed by atoms with E-state index in [0.29, 0.717) is 12.2 Å². The largest absolute Gasteiger partial charge is 0.370 e. The second kappa shape index (κ2) is 7.95. The van der Waals surface area contributed by atoms with Crippen LogP contribution in [0.4, 0.5) is 5.82 Å². The van der Waals surface area contributed by atoms with Crippen molar-refractivity contribution in [2.45, 2.75) is 13.3 Å². The van der Waals surface area contributed by atoms with Crippen LogP contribution in [-0.2, 0) is 0 Å². The van der Waals surface area contributed by atoms with Crippen molar-refractivity contribution >= 4 is 23.5 Å². The lowest BCUT2D eigenvalue weighted by atomic mass is 10.3. The lowest BCUT2D eigenvalue weighted by Crippen LogP contribution is -2.26. The second-order valence-corrected chi connectivity index (χ2v) is 4.57. The van der Waals surface area contributed by atoms with Gasteiger partial charge in [0.05, 0.1) is 0 Å². The first-order valence-electron chi connectivity index (χ1n) is 5.76. The van der Waals surface area contributed by atoms with E-state index in [0.717, 1.165) is 24.5 Å². The van der Waals surface area contributed by atoms with Crippen molar-refractivity contribution in [1.29, 1.82) is 0 Å². The molecule has 94 valence electrons. The summed E-state index contributed by atoms with van der Waals surface area (Å²) >= 11 is 1.71. The van der Waals surface area contributed by atoms with Gasteiger partial charge in [-0.05, 0) is 24.8 Å². The molecule has 5 heteroatoms. The molecule has 0 atom stereocenters. The van der Waals surface area contributed by atoms with Gasteiger partial charge in [0.1, 0.15) is 11.5 Å². The molecule has 2 N–H and O–H groups in total. The van der Waals surface area contributed by atoms with Crippen LogP contribution >= 0.6 is 11.8 Å². The molecule has 0 aliphatic heterocycles. The molecular weight excluding hydrogens is 234 g/mol. The number of carbonyl (C=O) groups is 1. The molecule has 1 heterocycles. The maximum atomic E-state index is 11.7. The van der Waals surface area contributed by atoms with E-state index in [9.17, 15) is 4.79 Å². The molecule has 0 unspecified atom stereocenters. The van der Waals surface area contributed by atoms with Crippen LogP contribution in [0.25, 0.3) is 0 Å². The van der Waals surface area contributed by atoms with Crippen LogP contribution < -0.4 is 10.6 Å². The number of hydrogen-bond acceptors (Lipinski definition) is 4. The first kappa shape index (κ1) is 13.8. The lowest BCUT2D eigenvalue weighted by molar-refractivity contribution is 0.0951. The fourth-order valence-electron chi connectivity index (χ4n) is 1.27. The first-order chi connectivity index (χ1) is 8.27. The minimum atomic E-state index is -0.112. The molecule has 0 fully saturated rings. The molecule has 0 aliphatic rings. The van der Waals surface area contributed by atoms with Gasteiger partial charge >= 0.3 is 0 Å². The van der Waals surface area contributed by atoms with E-state index in [1.807, 2.05) is 18.4 Å². The van der Waals surface area contributed by atoms with E-state index in [2.05, 4.69) is 22.5 Å². The SMILES string of the molecule is CCCNc1cccc(C(=O)NCCSC)n1. The van der Waals surface area contributed by atoms with Crippen molar-refractivity contribution < 1.29 is 4.79 Å². The summed E-state index contributed by atoms with van der Waals surface area (Å²) in [6.07, 6.45) is 3.05. The topological polar surface area (TPSA) is 54.0 Å². The summed E-state index contributed by atoms with van der Waals surface area (Å²) in [6, 6.07) is 5.44. The zero-order valence-electron chi connectivity index (χ0n) is 10.3. The third kappa shape index (κ3) is 5.08.